The summed E-state index contributed by atoms with van der Waals surface area (Å²) >= 11 is 3.51. The molecule has 0 amide bonds. The quantitative estimate of drug-likeness (QED) is 0.901. The molecule has 2 nitrogen and oxygen atoms in total. The van der Waals surface area contributed by atoms with Gasteiger partial charge >= 0.3 is 0 Å². The zero-order valence-electron chi connectivity index (χ0n) is 12.2. The van der Waals surface area contributed by atoms with E-state index in [-0.39, 0.29) is 0 Å². The molecule has 1 aromatic carbocycles. The summed E-state index contributed by atoms with van der Waals surface area (Å²) in [5.74, 6) is 0. The van der Waals surface area contributed by atoms with Gasteiger partial charge in [0.15, 0.2) is 0 Å². The fourth-order valence-corrected chi connectivity index (χ4v) is 3.44. The summed E-state index contributed by atoms with van der Waals surface area (Å²) in [5.41, 5.74) is 1.41. The molecule has 2 rings (SSSR count). The van der Waals surface area contributed by atoms with E-state index < -0.39 is 0 Å². The smallest absolute Gasteiger partial charge is 0.0322 e. The minimum absolute atomic E-state index is 0.505. The minimum Gasteiger partial charge on any atom is -0.314 e. The number of rotatable bonds is 4. The highest BCUT2D eigenvalue weighted by Crippen LogP contribution is 2.29. The molecular weight excluding hydrogens is 300 g/mol. The number of hydrogen-bond donors (Lipinski definition) is 1. The largest absolute Gasteiger partial charge is 0.314 e. The molecule has 3 atom stereocenters. The van der Waals surface area contributed by atoms with Crippen molar-refractivity contribution in [1.29, 1.82) is 0 Å². The fourth-order valence-electron chi connectivity index (χ4n) is 3.17. The summed E-state index contributed by atoms with van der Waals surface area (Å²) in [6, 6.07) is 10.6. The fraction of sp³-hybridized carbons (Fsp3) is 0.625. The first kappa shape index (κ1) is 15.0. The lowest BCUT2D eigenvalue weighted by molar-refractivity contribution is 0.0960. The van der Waals surface area contributed by atoms with Gasteiger partial charge in [0.25, 0.3) is 0 Å². The average molecular weight is 325 g/mol. The summed E-state index contributed by atoms with van der Waals surface area (Å²) < 4.78 is 1.15. The molecule has 0 aromatic heterocycles. The van der Waals surface area contributed by atoms with Gasteiger partial charge in [0.05, 0.1) is 0 Å². The Hall–Kier alpha value is -0.380. The van der Waals surface area contributed by atoms with Crippen molar-refractivity contribution in [2.24, 2.45) is 0 Å². The number of halogens is 1. The summed E-state index contributed by atoms with van der Waals surface area (Å²) in [6.45, 7) is 9.16. The maximum absolute atomic E-state index is 3.59. The predicted molar refractivity (Wildman–Crippen MR) is 85.4 cm³/mol. The highest BCUT2D eigenvalue weighted by atomic mass is 79.9. The van der Waals surface area contributed by atoms with E-state index in [1.807, 2.05) is 0 Å². The second kappa shape index (κ2) is 6.87. The van der Waals surface area contributed by atoms with Gasteiger partial charge in [-0.25, -0.2) is 0 Å². The molecule has 1 aliphatic rings. The second-order valence-corrected chi connectivity index (χ2v) is 6.51. The molecule has 1 aliphatic heterocycles. The lowest BCUT2D eigenvalue weighted by Gasteiger charge is -2.41. The van der Waals surface area contributed by atoms with E-state index >= 15 is 0 Å². The van der Waals surface area contributed by atoms with Crippen LogP contribution >= 0.6 is 15.9 Å². The number of nitrogens with zero attached hydrogens (tertiary/aromatic N) is 1. The molecule has 1 saturated heterocycles. The Kier molecular flexibility index (Phi) is 5.43. The Labute approximate surface area is 125 Å². The molecule has 0 spiro atoms. The molecule has 1 fully saturated rings. The van der Waals surface area contributed by atoms with Crippen LogP contribution in [0.2, 0.25) is 0 Å². The van der Waals surface area contributed by atoms with Crippen molar-refractivity contribution in [3.05, 3.63) is 34.3 Å². The van der Waals surface area contributed by atoms with Crippen LogP contribution in [0.1, 0.15) is 45.2 Å². The van der Waals surface area contributed by atoms with Crippen LogP contribution in [0.5, 0.6) is 0 Å². The van der Waals surface area contributed by atoms with Crippen LogP contribution in [0.4, 0.5) is 0 Å². The van der Waals surface area contributed by atoms with Gasteiger partial charge < -0.3 is 5.32 Å². The SMILES string of the molecule is CCNC1CCN(C(C)c2ccc(Br)cc2)C(C)C1. The Balaban J connectivity index is 2.00. The van der Waals surface area contributed by atoms with Crippen molar-refractivity contribution in [3.8, 4) is 0 Å². The average Bonchev–Trinajstić information content (AvgIpc) is 2.39. The van der Waals surface area contributed by atoms with Gasteiger partial charge in [0, 0.05) is 29.1 Å². The van der Waals surface area contributed by atoms with Crippen molar-refractivity contribution in [2.45, 2.75) is 51.7 Å². The molecule has 19 heavy (non-hydrogen) atoms. The van der Waals surface area contributed by atoms with Crippen molar-refractivity contribution >= 4 is 15.9 Å². The van der Waals surface area contributed by atoms with E-state index in [1.54, 1.807) is 0 Å². The highest BCUT2D eigenvalue weighted by molar-refractivity contribution is 9.10. The Morgan fingerprint density at radius 2 is 2.05 bits per heavy atom. The van der Waals surface area contributed by atoms with Crippen molar-refractivity contribution < 1.29 is 0 Å². The lowest BCUT2D eigenvalue weighted by Crippen LogP contribution is -2.48. The number of hydrogen-bond acceptors (Lipinski definition) is 2. The van der Waals surface area contributed by atoms with Gasteiger partial charge in [-0.05, 0) is 50.9 Å². The van der Waals surface area contributed by atoms with Gasteiger partial charge in [0.2, 0.25) is 0 Å². The zero-order chi connectivity index (χ0) is 13.8. The van der Waals surface area contributed by atoms with Crippen molar-refractivity contribution in [2.75, 3.05) is 13.1 Å². The maximum Gasteiger partial charge on any atom is 0.0322 e. The van der Waals surface area contributed by atoms with Crippen LogP contribution in [-0.4, -0.2) is 30.1 Å². The number of likely N-dealkylation sites (tertiary alicyclic amines) is 1. The monoisotopic (exact) mass is 324 g/mol. The van der Waals surface area contributed by atoms with Gasteiger partial charge in [-0.15, -0.1) is 0 Å². The first-order valence-corrected chi connectivity index (χ1v) is 8.15. The van der Waals surface area contributed by atoms with E-state index in [2.05, 4.69) is 71.2 Å². The van der Waals surface area contributed by atoms with Crippen molar-refractivity contribution in [3.63, 3.8) is 0 Å². The molecule has 1 heterocycles. The molecular formula is C16H25BrN2. The molecule has 3 unspecified atom stereocenters. The zero-order valence-corrected chi connectivity index (χ0v) is 13.8. The molecule has 1 aromatic rings. The second-order valence-electron chi connectivity index (χ2n) is 5.59. The third kappa shape index (κ3) is 3.80. The minimum atomic E-state index is 0.505. The molecule has 0 bridgehead atoms. The molecule has 0 saturated carbocycles. The van der Waals surface area contributed by atoms with Crippen LogP contribution in [0.25, 0.3) is 0 Å². The maximum atomic E-state index is 3.59. The van der Waals surface area contributed by atoms with Gasteiger partial charge in [-0.3, -0.25) is 4.90 Å². The molecule has 3 heteroatoms. The van der Waals surface area contributed by atoms with E-state index in [0.717, 1.165) is 11.0 Å². The summed E-state index contributed by atoms with van der Waals surface area (Å²) in [6.07, 6.45) is 2.52. The topological polar surface area (TPSA) is 15.3 Å². The highest BCUT2D eigenvalue weighted by Gasteiger charge is 2.28. The lowest BCUT2D eigenvalue weighted by atomic mass is 9.94. The first-order chi connectivity index (χ1) is 9.11. The Morgan fingerprint density at radius 1 is 1.37 bits per heavy atom. The van der Waals surface area contributed by atoms with Crippen LogP contribution in [0.3, 0.4) is 0 Å². The van der Waals surface area contributed by atoms with E-state index in [1.165, 1.54) is 24.9 Å². The van der Waals surface area contributed by atoms with Crippen LogP contribution in [0, 0.1) is 0 Å². The van der Waals surface area contributed by atoms with E-state index in [4.69, 9.17) is 0 Å². The van der Waals surface area contributed by atoms with E-state index in [0.29, 0.717) is 18.1 Å². The number of nitrogens with one attached hydrogen (secondary N) is 1. The predicted octanol–water partition coefficient (Wildman–Crippen LogP) is 3.97. The molecule has 106 valence electrons. The summed E-state index contributed by atoms with van der Waals surface area (Å²) in [5, 5.41) is 3.59. The van der Waals surface area contributed by atoms with Crippen LogP contribution < -0.4 is 5.32 Å². The normalized spacial score (nSPS) is 26.3. The molecule has 1 N–H and O–H groups in total. The number of piperidine rings is 1. The van der Waals surface area contributed by atoms with Gasteiger partial charge in [-0.1, -0.05) is 35.0 Å². The first-order valence-electron chi connectivity index (χ1n) is 7.36. The Morgan fingerprint density at radius 3 is 2.63 bits per heavy atom. The summed E-state index contributed by atoms with van der Waals surface area (Å²) in [7, 11) is 0. The molecule has 0 aliphatic carbocycles. The van der Waals surface area contributed by atoms with Crippen LogP contribution in [0.15, 0.2) is 28.7 Å². The van der Waals surface area contributed by atoms with Crippen LogP contribution in [-0.2, 0) is 0 Å². The summed E-state index contributed by atoms with van der Waals surface area (Å²) in [4.78, 5) is 2.64. The number of benzene rings is 1. The van der Waals surface area contributed by atoms with Gasteiger partial charge in [0.1, 0.15) is 0 Å². The standard InChI is InChI=1S/C16H25BrN2/c1-4-18-16-9-10-19(12(2)11-16)13(3)14-5-7-15(17)8-6-14/h5-8,12-13,16,18H,4,9-11H2,1-3H3. The van der Waals surface area contributed by atoms with Gasteiger partial charge in [-0.2, -0.15) is 0 Å². The molecule has 0 radical (unpaired) electrons. The third-order valence-corrected chi connectivity index (χ3v) is 4.80. The van der Waals surface area contributed by atoms with E-state index in [9.17, 15) is 0 Å². The third-order valence-electron chi connectivity index (χ3n) is 4.27. The Bertz CT molecular complexity index is 390. The van der Waals surface area contributed by atoms with Crippen molar-refractivity contribution in [1.82, 2.24) is 10.2 Å².